The molecule has 28 heavy (non-hydrogen) atoms. The SMILES string of the molecule is COc1ccccc1-c1ccc(N2CCN(C(=O)c3ccccc3)CC2)nn1. The molecule has 1 amide bonds. The maximum Gasteiger partial charge on any atom is 0.253 e. The maximum atomic E-state index is 12.6. The fraction of sp³-hybridized carbons (Fsp3) is 0.227. The molecule has 6 heteroatoms. The maximum absolute atomic E-state index is 12.6. The summed E-state index contributed by atoms with van der Waals surface area (Å²) in [5, 5.41) is 8.78. The van der Waals surface area contributed by atoms with Crippen LogP contribution in [0.5, 0.6) is 5.75 Å². The minimum absolute atomic E-state index is 0.0813. The van der Waals surface area contributed by atoms with Crippen molar-refractivity contribution in [2.45, 2.75) is 0 Å². The topological polar surface area (TPSA) is 58.6 Å². The van der Waals surface area contributed by atoms with E-state index in [9.17, 15) is 4.79 Å². The van der Waals surface area contributed by atoms with Gasteiger partial charge in [-0.05, 0) is 36.4 Å². The molecule has 6 nitrogen and oxygen atoms in total. The molecular weight excluding hydrogens is 352 g/mol. The predicted molar refractivity (Wildman–Crippen MR) is 109 cm³/mol. The molecule has 0 radical (unpaired) electrons. The first-order chi connectivity index (χ1) is 13.8. The van der Waals surface area contributed by atoms with E-state index in [2.05, 4.69) is 15.1 Å². The van der Waals surface area contributed by atoms with E-state index in [1.54, 1.807) is 7.11 Å². The summed E-state index contributed by atoms with van der Waals surface area (Å²) in [6.07, 6.45) is 0. The van der Waals surface area contributed by atoms with Crippen molar-refractivity contribution in [1.82, 2.24) is 15.1 Å². The monoisotopic (exact) mass is 374 g/mol. The van der Waals surface area contributed by atoms with Crippen molar-refractivity contribution in [3.05, 3.63) is 72.3 Å². The van der Waals surface area contributed by atoms with Crippen molar-refractivity contribution in [2.24, 2.45) is 0 Å². The summed E-state index contributed by atoms with van der Waals surface area (Å²) >= 11 is 0. The van der Waals surface area contributed by atoms with Gasteiger partial charge in [0.25, 0.3) is 5.91 Å². The molecule has 4 rings (SSSR count). The molecule has 1 fully saturated rings. The summed E-state index contributed by atoms with van der Waals surface area (Å²) in [7, 11) is 1.65. The van der Waals surface area contributed by atoms with Crippen LogP contribution in [0.2, 0.25) is 0 Å². The molecule has 0 N–H and O–H groups in total. The van der Waals surface area contributed by atoms with Crippen molar-refractivity contribution in [3.63, 3.8) is 0 Å². The Morgan fingerprint density at radius 1 is 0.857 bits per heavy atom. The number of hydrogen-bond donors (Lipinski definition) is 0. The van der Waals surface area contributed by atoms with Crippen molar-refractivity contribution in [1.29, 1.82) is 0 Å². The number of amides is 1. The average molecular weight is 374 g/mol. The van der Waals surface area contributed by atoms with Crippen LogP contribution in [-0.2, 0) is 0 Å². The number of carbonyl (C=O) groups is 1. The Morgan fingerprint density at radius 3 is 2.25 bits per heavy atom. The molecule has 1 aliphatic rings. The summed E-state index contributed by atoms with van der Waals surface area (Å²) in [5.74, 6) is 1.68. The van der Waals surface area contributed by atoms with E-state index < -0.39 is 0 Å². The molecule has 0 spiro atoms. The molecule has 2 aromatic carbocycles. The van der Waals surface area contributed by atoms with Crippen LogP contribution in [0.25, 0.3) is 11.3 Å². The second kappa shape index (κ2) is 8.08. The molecule has 1 aliphatic heterocycles. The lowest BCUT2D eigenvalue weighted by molar-refractivity contribution is 0.0746. The Labute approximate surface area is 164 Å². The van der Waals surface area contributed by atoms with Crippen LogP contribution in [0.3, 0.4) is 0 Å². The van der Waals surface area contributed by atoms with Crippen LogP contribution >= 0.6 is 0 Å². The Morgan fingerprint density at radius 2 is 1.57 bits per heavy atom. The Hall–Kier alpha value is -3.41. The molecular formula is C22H22N4O2. The summed E-state index contributed by atoms with van der Waals surface area (Å²) in [6, 6.07) is 21.1. The predicted octanol–water partition coefficient (Wildman–Crippen LogP) is 3.11. The first-order valence-corrected chi connectivity index (χ1v) is 9.32. The highest BCUT2D eigenvalue weighted by atomic mass is 16.5. The highest BCUT2D eigenvalue weighted by molar-refractivity contribution is 5.94. The van der Waals surface area contributed by atoms with E-state index in [1.807, 2.05) is 71.6 Å². The third-order valence-corrected chi connectivity index (χ3v) is 4.95. The first kappa shape index (κ1) is 18.0. The fourth-order valence-electron chi connectivity index (χ4n) is 3.40. The summed E-state index contributed by atoms with van der Waals surface area (Å²) in [4.78, 5) is 16.6. The second-order valence-corrected chi connectivity index (χ2v) is 6.62. The van der Waals surface area contributed by atoms with E-state index in [0.717, 1.165) is 41.5 Å². The number of para-hydroxylation sites is 1. The van der Waals surface area contributed by atoms with Gasteiger partial charge in [0.15, 0.2) is 5.82 Å². The highest BCUT2D eigenvalue weighted by Crippen LogP contribution is 2.28. The molecule has 1 saturated heterocycles. The van der Waals surface area contributed by atoms with Gasteiger partial charge in [0.2, 0.25) is 0 Å². The normalized spacial score (nSPS) is 14.0. The van der Waals surface area contributed by atoms with Crippen molar-refractivity contribution in [2.75, 3.05) is 38.2 Å². The van der Waals surface area contributed by atoms with Crippen LogP contribution in [-0.4, -0.2) is 54.3 Å². The molecule has 3 aromatic rings. The van der Waals surface area contributed by atoms with E-state index in [0.29, 0.717) is 13.1 Å². The third kappa shape index (κ3) is 3.67. The quantitative estimate of drug-likeness (QED) is 0.702. The molecule has 0 aliphatic carbocycles. The Kier molecular flexibility index (Phi) is 5.19. The zero-order valence-electron chi connectivity index (χ0n) is 15.8. The van der Waals surface area contributed by atoms with E-state index in [4.69, 9.17) is 4.74 Å². The van der Waals surface area contributed by atoms with Gasteiger partial charge in [-0.3, -0.25) is 4.79 Å². The molecule has 0 atom stereocenters. The molecule has 0 unspecified atom stereocenters. The zero-order valence-corrected chi connectivity index (χ0v) is 15.8. The van der Waals surface area contributed by atoms with Crippen LogP contribution in [0.4, 0.5) is 5.82 Å². The zero-order chi connectivity index (χ0) is 19.3. The first-order valence-electron chi connectivity index (χ1n) is 9.32. The Balaban J connectivity index is 1.42. The summed E-state index contributed by atoms with van der Waals surface area (Å²) < 4.78 is 5.40. The lowest BCUT2D eigenvalue weighted by atomic mass is 10.1. The number of anilines is 1. The lowest BCUT2D eigenvalue weighted by Gasteiger charge is -2.35. The number of hydrogen-bond acceptors (Lipinski definition) is 5. The van der Waals surface area contributed by atoms with Gasteiger partial charge in [-0.25, -0.2) is 0 Å². The van der Waals surface area contributed by atoms with E-state index >= 15 is 0 Å². The van der Waals surface area contributed by atoms with E-state index in [1.165, 1.54) is 0 Å². The molecule has 0 bridgehead atoms. The van der Waals surface area contributed by atoms with Crippen molar-refractivity contribution < 1.29 is 9.53 Å². The minimum atomic E-state index is 0.0813. The second-order valence-electron chi connectivity index (χ2n) is 6.62. The average Bonchev–Trinajstić information content (AvgIpc) is 2.79. The third-order valence-electron chi connectivity index (χ3n) is 4.95. The number of rotatable bonds is 4. The van der Waals surface area contributed by atoms with Crippen molar-refractivity contribution in [3.8, 4) is 17.0 Å². The van der Waals surface area contributed by atoms with Gasteiger partial charge in [0, 0.05) is 37.3 Å². The van der Waals surface area contributed by atoms with Crippen LogP contribution in [0.15, 0.2) is 66.7 Å². The van der Waals surface area contributed by atoms with Gasteiger partial charge < -0.3 is 14.5 Å². The van der Waals surface area contributed by atoms with Gasteiger partial charge in [-0.15, -0.1) is 10.2 Å². The minimum Gasteiger partial charge on any atom is -0.496 e. The summed E-state index contributed by atoms with van der Waals surface area (Å²) in [5.41, 5.74) is 2.43. The van der Waals surface area contributed by atoms with E-state index in [-0.39, 0.29) is 5.91 Å². The number of nitrogens with zero attached hydrogens (tertiary/aromatic N) is 4. The van der Waals surface area contributed by atoms with Gasteiger partial charge in [0.05, 0.1) is 12.8 Å². The molecule has 1 aromatic heterocycles. The smallest absolute Gasteiger partial charge is 0.253 e. The largest absolute Gasteiger partial charge is 0.496 e. The van der Waals surface area contributed by atoms with Gasteiger partial charge in [0.1, 0.15) is 5.75 Å². The van der Waals surface area contributed by atoms with Crippen molar-refractivity contribution >= 4 is 11.7 Å². The number of aromatic nitrogens is 2. The Bertz CT molecular complexity index is 936. The van der Waals surface area contributed by atoms with Crippen LogP contribution < -0.4 is 9.64 Å². The lowest BCUT2D eigenvalue weighted by Crippen LogP contribution is -2.49. The summed E-state index contributed by atoms with van der Waals surface area (Å²) in [6.45, 7) is 2.82. The number of ether oxygens (including phenoxy) is 1. The fourth-order valence-corrected chi connectivity index (χ4v) is 3.40. The van der Waals surface area contributed by atoms with Gasteiger partial charge >= 0.3 is 0 Å². The number of piperazine rings is 1. The standard InChI is InChI=1S/C22H22N4O2/c1-28-20-10-6-5-9-18(20)19-11-12-21(24-23-19)25-13-15-26(16-14-25)22(27)17-7-3-2-4-8-17/h2-12H,13-16H2,1H3. The number of methoxy groups -OCH3 is 1. The van der Waals surface area contributed by atoms with Crippen LogP contribution in [0.1, 0.15) is 10.4 Å². The number of carbonyl (C=O) groups excluding carboxylic acids is 1. The van der Waals surface area contributed by atoms with Gasteiger partial charge in [-0.1, -0.05) is 30.3 Å². The molecule has 0 saturated carbocycles. The molecule has 142 valence electrons. The highest BCUT2D eigenvalue weighted by Gasteiger charge is 2.23. The number of benzene rings is 2. The molecule has 2 heterocycles. The van der Waals surface area contributed by atoms with Gasteiger partial charge in [-0.2, -0.15) is 0 Å². The van der Waals surface area contributed by atoms with Crippen LogP contribution in [0, 0.1) is 0 Å².